The Morgan fingerprint density at radius 2 is 1.86 bits per heavy atom. The highest BCUT2D eigenvalue weighted by Crippen LogP contribution is 2.67. The highest BCUT2D eigenvalue weighted by Gasteiger charge is 2.72. The molecule has 0 radical (unpaired) electrons. The van der Waals surface area contributed by atoms with Crippen molar-refractivity contribution in [3.8, 4) is 16.9 Å². The number of benzene rings is 3. The van der Waals surface area contributed by atoms with Gasteiger partial charge in [0.2, 0.25) is 0 Å². The number of aliphatic hydroxyl groups is 1. The van der Waals surface area contributed by atoms with Crippen LogP contribution in [0.1, 0.15) is 47.8 Å². The number of likely N-dealkylation sites (tertiary alicyclic amines) is 1. The van der Waals surface area contributed by atoms with E-state index in [2.05, 4.69) is 76.6 Å². The first-order valence-corrected chi connectivity index (χ1v) is 13.6. The average Bonchev–Trinajstić information content (AvgIpc) is 3.54. The van der Waals surface area contributed by atoms with Gasteiger partial charge in [0.1, 0.15) is 5.75 Å². The fourth-order valence-corrected chi connectivity index (χ4v) is 8.47. The standard InChI is InChI=1S/C32H30N2O2/c35-32-17-24-23-10-5-9-22(20-6-2-1-3-7-20)28(23)33-29(24)30-31(32)14-15-34(18-19-12-13-19)26(32)16-21-8-4-11-25(36-30)27(21)31/h1-11,19,26,30,33,35H,12-18H2/t26-,30+,31+,32-/m1/s1. The molecule has 1 aromatic heterocycles. The summed E-state index contributed by atoms with van der Waals surface area (Å²) in [5.41, 5.74) is 7.47. The predicted octanol–water partition coefficient (Wildman–Crippen LogP) is 5.53. The maximum absolute atomic E-state index is 13.0. The van der Waals surface area contributed by atoms with Crippen LogP contribution < -0.4 is 4.74 Å². The van der Waals surface area contributed by atoms with E-state index in [1.165, 1.54) is 51.7 Å². The van der Waals surface area contributed by atoms with Gasteiger partial charge in [-0.15, -0.1) is 0 Å². The van der Waals surface area contributed by atoms with Crippen LogP contribution in [-0.4, -0.2) is 39.7 Å². The minimum Gasteiger partial charge on any atom is -0.483 e. The summed E-state index contributed by atoms with van der Waals surface area (Å²) in [6.45, 7) is 2.17. The minimum atomic E-state index is -0.838. The first-order valence-electron chi connectivity index (χ1n) is 13.6. The number of nitrogens with zero attached hydrogens (tertiary/aromatic N) is 1. The van der Waals surface area contributed by atoms with Crippen LogP contribution in [0.15, 0.2) is 66.7 Å². The number of ether oxygens (including phenoxy) is 1. The lowest BCUT2D eigenvalue weighted by atomic mass is 9.49. The topological polar surface area (TPSA) is 48.5 Å². The number of aromatic nitrogens is 1. The molecule has 5 aliphatic rings. The molecule has 1 spiro atoms. The summed E-state index contributed by atoms with van der Waals surface area (Å²) in [5.74, 6) is 1.80. The van der Waals surface area contributed by atoms with E-state index >= 15 is 0 Å². The van der Waals surface area contributed by atoms with Gasteiger partial charge in [0, 0.05) is 35.5 Å². The molecule has 2 fully saturated rings. The Morgan fingerprint density at radius 3 is 2.72 bits per heavy atom. The second-order valence-electron chi connectivity index (χ2n) is 11.9. The van der Waals surface area contributed by atoms with Crippen molar-refractivity contribution in [2.24, 2.45) is 5.92 Å². The van der Waals surface area contributed by atoms with Crippen LogP contribution in [0.4, 0.5) is 0 Å². The van der Waals surface area contributed by atoms with Crippen LogP contribution in [0.2, 0.25) is 0 Å². The van der Waals surface area contributed by atoms with Gasteiger partial charge in [0.05, 0.1) is 22.2 Å². The molecule has 0 unspecified atom stereocenters. The van der Waals surface area contributed by atoms with Crippen LogP contribution in [0.5, 0.6) is 5.75 Å². The van der Waals surface area contributed by atoms with Gasteiger partial charge in [-0.05, 0) is 60.9 Å². The van der Waals surface area contributed by atoms with E-state index in [4.69, 9.17) is 4.74 Å². The minimum absolute atomic E-state index is 0.134. The molecule has 4 aromatic rings. The van der Waals surface area contributed by atoms with E-state index < -0.39 is 5.60 Å². The number of H-pyrrole nitrogens is 1. The lowest BCUT2D eigenvalue weighted by molar-refractivity contribution is -0.173. The van der Waals surface area contributed by atoms with Gasteiger partial charge in [0.25, 0.3) is 0 Å². The number of nitrogens with one attached hydrogen (secondary N) is 1. The molecule has 3 heterocycles. The van der Waals surface area contributed by atoms with Gasteiger partial charge in [0.15, 0.2) is 6.10 Å². The largest absolute Gasteiger partial charge is 0.483 e. The van der Waals surface area contributed by atoms with Crippen molar-refractivity contribution in [2.45, 2.75) is 55.3 Å². The highest BCUT2D eigenvalue weighted by atomic mass is 16.5. The Hall–Kier alpha value is -3.08. The number of para-hydroxylation sites is 1. The second kappa shape index (κ2) is 6.62. The Balaban J connectivity index is 1.30. The molecule has 4 atom stereocenters. The number of fused-ring (bicyclic) bond motifs is 4. The lowest BCUT2D eigenvalue weighted by Gasteiger charge is -2.62. The molecular formula is C32H30N2O2. The van der Waals surface area contributed by atoms with E-state index in [-0.39, 0.29) is 17.6 Å². The van der Waals surface area contributed by atoms with Crippen molar-refractivity contribution in [2.75, 3.05) is 13.1 Å². The van der Waals surface area contributed by atoms with E-state index in [0.717, 1.165) is 43.1 Å². The van der Waals surface area contributed by atoms with Crippen LogP contribution in [0.25, 0.3) is 22.0 Å². The number of aromatic amines is 1. The number of piperidine rings is 1. The zero-order valence-electron chi connectivity index (χ0n) is 20.3. The Bertz CT molecular complexity index is 1550. The third-order valence-corrected chi connectivity index (χ3v) is 10.2. The molecule has 3 aromatic carbocycles. The van der Waals surface area contributed by atoms with Gasteiger partial charge in [-0.2, -0.15) is 0 Å². The summed E-state index contributed by atoms with van der Waals surface area (Å²) in [6.07, 6.45) is 5.05. The Kier molecular flexibility index (Phi) is 3.68. The van der Waals surface area contributed by atoms with E-state index in [0.29, 0.717) is 6.42 Å². The number of hydrogen-bond donors (Lipinski definition) is 2. The molecule has 2 N–H and O–H groups in total. The molecule has 1 saturated heterocycles. The van der Waals surface area contributed by atoms with E-state index in [9.17, 15) is 5.11 Å². The zero-order chi connectivity index (χ0) is 23.6. The van der Waals surface area contributed by atoms with Gasteiger partial charge in [-0.1, -0.05) is 60.7 Å². The van der Waals surface area contributed by atoms with Gasteiger partial charge < -0.3 is 14.8 Å². The van der Waals surface area contributed by atoms with Crippen molar-refractivity contribution in [1.29, 1.82) is 0 Å². The molecular weight excluding hydrogens is 444 g/mol. The number of hydrogen-bond acceptors (Lipinski definition) is 3. The predicted molar refractivity (Wildman–Crippen MR) is 140 cm³/mol. The fourth-order valence-electron chi connectivity index (χ4n) is 8.47. The van der Waals surface area contributed by atoms with Crippen molar-refractivity contribution < 1.29 is 9.84 Å². The van der Waals surface area contributed by atoms with Crippen molar-refractivity contribution in [3.05, 3.63) is 89.1 Å². The normalized spacial score (nSPS) is 31.7. The van der Waals surface area contributed by atoms with Gasteiger partial charge >= 0.3 is 0 Å². The first kappa shape index (κ1) is 20.0. The van der Waals surface area contributed by atoms with Crippen molar-refractivity contribution in [1.82, 2.24) is 9.88 Å². The maximum atomic E-state index is 13.0. The molecule has 36 heavy (non-hydrogen) atoms. The molecule has 4 nitrogen and oxygen atoms in total. The highest BCUT2D eigenvalue weighted by molar-refractivity contribution is 5.97. The third kappa shape index (κ3) is 2.29. The molecule has 9 rings (SSSR count). The lowest BCUT2D eigenvalue weighted by Crippen LogP contribution is -2.74. The van der Waals surface area contributed by atoms with Gasteiger partial charge in [-0.3, -0.25) is 4.90 Å². The second-order valence-corrected chi connectivity index (χ2v) is 11.9. The van der Waals surface area contributed by atoms with E-state index in [1.807, 2.05) is 0 Å². The van der Waals surface area contributed by atoms with Crippen molar-refractivity contribution >= 4 is 10.9 Å². The van der Waals surface area contributed by atoms with Crippen LogP contribution in [-0.2, 0) is 18.3 Å². The molecule has 180 valence electrons. The third-order valence-electron chi connectivity index (χ3n) is 10.2. The Morgan fingerprint density at radius 1 is 1.00 bits per heavy atom. The summed E-state index contributed by atoms with van der Waals surface area (Å²) in [6, 6.07) is 23.9. The summed E-state index contributed by atoms with van der Waals surface area (Å²) in [5, 5.41) is 14.2. The smallest absolute Gasteiger partial charge is 0.151 e. The summed E-state index contributed by atoms with van der Waals surface area (Å²) < 4.78 is 6.86. The monoisotopic (exact) mass is 474 g/mol. The molecule has 1 saturated carbocycles. The van der Waals surface area contributed by atoms with Gasteiger partial charge in [-0.25, -0.2) is 0 Å². The van der Waals surface area contributed by atoms with Crippen LogP contribution in [0, 0.1) is 5.92 Å². The molecule has 2 bridgehead atoms. The molecule has 2 aliphatic heterocycles. The molecule has 3 aliphatic carbocycles. The van der Waals surface area contributed by atoms with Crippen LogP contribution >= 0.6 is 0 Å². The zero-order valence-corrected chi connectivity index (χ0v) is 20.3. The fraction of sp³-hybridized carbons (Fsp3) is 0.375. The molecule has 0 amide bonds. The summed E-state index contributed by atoms with van der Waals surface area (Å²) >= 11 is 0. The average molecular weight is 475 g/mol. The van der Waals surface area contributed by atoms with Crippen molar-refractivity contribution in [3.63, 3.8) is 0 Å². The maximum Gasteiger partial charge on any atom is 0.151 e. The quantitative estimate of drug-likeness (QED) is 0.410. The summed E-state index contributed by atoms with van der Waals surface area (Å²) in [4.78, 5) is 6.51. The number of rotatable bonds is 3. The SMILES string of the molecule is O[C@@]12Cc3c([nH]c4c(-c5ccccc5)cccc34)[C@@H]3Oc4cccc5c4[C@@]31CCN(CC1CC1)[C@@H]2C5. The first-order chi connectivity index (χ1) is 17.7. The van der Waals surface area contributed by atoms with E-state index in [1.54, 1.807) is 0 Å². The van der Waals surface area contributed by atoms with Crippen LogP contribution in [0.3, 0.4) is 0 Å². The summed E-state index contributed by atoms with van der Waals surface area (Å²) in [7, 11) is 0. The molecule has 4 heteroatoms. The Labute approximate surface area is 210 Å².